The number of benzene rings is 2. The summed E-state index contributed by atoms with van der Waals surface area (Å²) in [5.41, 5.74) is -0.413. The fourth-order valence-electron chi connectivity index (χ4n) is 3.58. The van der Waals surface area contributed by atoms with E-state index in [9.17, 15) is 14.4 Å². The minimum absolute atomic E-state index is 0.217. The van der Waals surface area contributed by atoms with Crippen LogP contribution in [0.5, 0.6) is 0 Å². The molecule has 2 aromatic heterocycles. The number of hydrogen-bond acceptors (Lipinski definition) is 6. The van der Waals surface area contributed by atoms with E-state index in [-0.39, 0.29) is 16.9 Å². The van der Waals surface area contributed by atoms with Gasteiger partial charge in [0.05, 0.1) is 5.25 Å². The maximum Gasteiger partial charge on any atom is 0.332 e. The van der Waals surface area contributed by atoms with Gasteiger partial charge in [0.1, 0.15) is 16.2 Å². The quantitative estimate of drug-likeness (QED) is 0.356. The highest BCUT2D eigenvalue weighted by atomic mass is 32.2. The lowest BCUT2D eigenvalue weighted by atomic mass is 9.96. The molecule has 0 saturated heterocycles. The average Bonchev–Trinajstić information content (AvgIpc) is 2.80. The molecule has 0 aliphatic rings. The molecule has 34 heavy (non-hydrogen) atoms. The lowest BCUT2D eigenvalue weighted by Gasteiger charge is -2.20. The minimum atomic E-state index is -0.556. The van der Waals surface area contributed by atoms with Crippen molar-refractivity contribution < 1.29 is 4.79 Å². The molecule has 0 fully saturated rings. The Bertz CT molecular complexity index is 1550. The first-order valence-electron chi connectivity index (χ1n) is 10.9. The maximum atomic E-state index is 13.0. The second-order valence-corrected chi connectivity index (χ2v) is 10.6. The van der Waals surface area contributed by atoms with Crippen LogP contribution in [-0.4, -0.2) is 30.3 Å². The largest absolute Gasteiger partial charge is 0.332 e. The maximum absolute atomic E-state index is 13.0. The number of anilines is 1. The Labute approximate surface area is 201 Å². The van der Waals surface area contributed by atoms with Gasteiger partial charge in [0.15, 0.2) is 5.65 Å². The summed E-state index contributed by atoms with van der Waals surface area (Å²) in [6.45, 7) is 7.63. The Kier molecular flexibility index (Phi) is 6.07. The van der Waals surface area contributed by atoms with E-state index in [2.05, 4.69) is 15.3 Å². The summed E-state index contributed by atoms with van der Waals surface area (Å²) < 4.78 is 2.38. The van der Waals surface area contributed by atoms with E-state index < -0.39 is 21.9 Å². The van der Waals surface area contributed by atoms with Crippen molar-refractivity contribution in [2.45, 2.75) is 43.4 Å². The Morgan fingerprint density at radius 3 is 2.35 bits per heavy atom. The molecule has 0 radical (unpaired) electrons. The number of hydrogen-bond donors (Lipinski definition) is 1. The Balaban J connectivity index is 1.72. The summed E-state index contributed by atoms with van der Waals surface area (Å²) in [4.78, 5) is 47.7. The summed E-state index contributed by atoms with van der Waals surface area (Å²) >= 11 is 1.18. The zero-order valence-electron chi connectivity index (χ0n) is 20.0. The zero-order chi connectivity index (χ0) is 24.8. The van der Waals surface area contributed by atoms with E-state index in [4.69, 9.17) is 0 Å². The molecular formula is C25H27N5O3S. The molecule has 9 heteroatoms. The van der Waals surface area contributed by atoms with Gasteiger partial charge in [-0.25, -0.2) is 14.8 Å². The number of nitrogens with one attached hydrogen (secondary N) is 1. The third kappa shape index (κ3) is 4.35. The first-order valence-corrected chi connectivity index (χ1v) is 11.8. The molecule has 0 bridgehead atoms. The van der Waals surface area contributed by atoms with Crippen LogP contribution in [0.1, 0.15) is 33.5 Å². The third-order valence-corrected chi connectivity index (χ3v) is 6.70. The standard InChI is InChI=1S/C25H27N5O3S/c1-14(20(31)26-17-12-11-15-9-7-8-10-16(15)13-17)34-21-18-19(27-23(28-21)25(2,3)4)29(5)24(33)30(6)22(18)32/h7-14H,1-6H3,(H,26,31). The highest BCUT2D eigenvalue weighted by Gasteiger charge is 2.26. The van der Waals surface area contributed by atoms with E-state index in [0.29, 0.717) is 16.5 Å². The van der Waals surface area contributed by atoms with Crippen LogP contribution in [0.15, 0.2) is 57.1 Å². The van der Waals surface area contributed by atoms with Crippen LogP contribution in [0.4, 0.5) is 5.69 Å². The predicted molar refractivity (Wildman–Crippen MR) is 137 cm³/mol. The number of carbonyl (C=O) groups is 1. The van der Waals surface area contributed by atoms with E-state index in [1.807, 2.05) is 63.2 Å². The highest BCUT2D eigenvalue weighted by Crippen LogP contribution is 2.30. The van der Waals surface area contributed by atoms with Crippen molar-refractivity contribution in [2.75, 3.05) is 5.32 Å². The number of aromatic nitrogens is 4. The van der Waals surface area contributed by atoms with Crippen molar-refractivity contribution in [2.24, 2.45) is 14.1 Å². The summed E-state index contributed by atoms with van der Waals surface area (Å²) in [6.07, 6.45) is 0. The van der Waals surface area contributed by atoms with Crippen LogP contribution in [0, 0.1) is 0 Å². The van der Waals surface area contributed by atoms with Gasteiger partial charge >= 0.3 is 5.69 Å². The van der Waals surface area contributed by atoms with Gasteiger partial charge in [-0.3, -0.25) is 18.7 Å². The summed E-state index contributed by atoms with van der Waals surface area (Å²) in [6, 6.07) is 13.7. The van der Waals surface area contributed by atoms with Gasteiger partial charge in [0.2, 0.25) is 5.91 Å². The Morgan fingerprint density at radius 2 is 1.68 bits per heavy atom. The van der Waals surface area contributed by atoms with Crippen molar-refractivity contribution in [1.82, 2.24) is 19.1 Å². The van der Waals surface area contributed by atoms with E-state index in [0.717, 1.165) is 15.3 Å². The molecule has 0 saturated carbocycles. The normalized spacial score (nSPS) is 12.8. The fourth-order valence-corrected chi connectivity index (χ4v) is 4.52. The van der Waals surface area contributed by atoms with Gasteiger partial charge < -0.3 is 5.32 Å². The van der Waals surface area contributed by atoms with Crippen LogP contribution >= 0.6 is 11.8 Å². The number of amides is 1. The van der Waals surface area contributed by atoms with E-state index in [1.165, 1.54) is 23.4 Å². The summed E-state index contributed by atoms with van der Waals surface area (Å²) in [7, 11) is 3.00. The number of aryl methyl sites for hydroxylation is 1. The van der Waals surface area contributed by atoms with Gasteiger partial charge in [0, 0.05) is 25.2 Å². The molecule has 4 rings (SSSR count). The van der Waals surface area contributed by atoms with Crippen molar-refractivity contribution in [1.29, 1.82) is 0 Å². The van der Waals surface area contributed by atoms with Crippen molar-refractivity contribution in [3.05, 3.63) is 69.1 Å². The zero-order valence-corrected chi connectivity index (χ0v) is 20.9. The number of rotatable bonds is 4. The second-order valence-electron chi connectivity index (χ2n) is 9.32. The number of fused-ring (bicyclic) bond motifs is 2. The summed E-state index contributed by atoms with van der Waals surface area (Å²) in [5, 5.41) is 5.13. The smallest absolute Gasteiger partial charge is 0.325 e. The van der Waals surface area contributed by atoms with Crippen LogP contribution in [-0.2, 0) is 24.3 Å². The average molecular weight is 478 g/mol. The molecule has 1 amide bonds. The van der Waals surface area contributed by atoms with Gasteiger partial charge in [0.25, 0.3) is 5.56 Å². The molecule has 176 valence electrons. The lowest BCUT2D eigenvalue weighted by Crippen LogP contribution is -2.38. The molecule has 0 aliphatic heterocycles. The molecule has 1 N–H and O–H groups in total. The second kappa shape index (κ2) is 8.72. The number of carbonyl (C=O) groups excluding carboxylic acids is 1. The van der Waals surface area contributed by atoms with Crippen LogP contribution < -0.4 is 16.6 Å². The van der Waals surface area contributed by atoms with Crippen molar-refractivity contribution in [3.63, 3.8) is 0 Å². The minimum Gasteiger partial charge on any atom is -0.325 e. The number of nitrogens with zero attached hydrogens (tertiary/aromatic N) is 4. The van der Waals surface area contributed by atoms with Crippen molar-refractivity contribution in [3.8, 4) is 0 Å². The van der Waals surface area contributed by atoms with Gasteiger partial charge in [-0.1, -0.05) is 62.9 Å². The first kappa shape index (κ1) is 23.7. The monoisotopic (exact) mass is 477 g/mol. The van der Waals surface area contributed by atoms with E-state index >= 15 is 0 Å². The highest BCUT2D eigenvalue weighted by molar-refractivity contribution is 8.00. The van der Waals surface area contributed by atoms with Gasteiger partial charge in [-0.15, -0.1) is 0 Å². The molecule has 2 aromatic carbocycles. The van der Waals surface area contributed by atoms with E-state index in [1.54, 1.807) is 14.0 Å². The molecule has 4 aromatic rings. The van der Waals surface area contributed by atoms with Crippen LogP contribution in [0.25, 0.3) is 21.8 Å². The molecule has 1 unspecified atom stereocenters. The molecule has 1 atom stereocenters. The molecule has 2 heterocycles. The lowest BCUT2D eigenvalue weighted by molar-refractivity contribution is -0.115. The molecular weight excluding hydrogens is 450 g/mol. The topological polar surface area (TPSA) is 98.9 Å². The van der Waals surface area contributed by atoms with Gasteiger partial charge in [-0.2, -0.15) is 0 Å². The fraction of sp³-hybridized carbons (Fsp3) is 0.320. The van der Waals surface area contributed by atoms with Crippen LogP contribution in [0.3, 0.4) is 0 Å². The van der Waals surface area contributed by atoms with Crippen molar-refractivity contribution >= 4 is 45.2 Å². The molecule has 8 nitrogen and oxygen atoms in total. The Morgan fingerprint density at radius 1 is 1.00 bits per heavy atom. The number of thioether (sulfide) groups is 1. The summed E-state index contributed by atoms with van der Waals surface area (Å²) in [5.74, 6) is 0.277. The molecule has 0 spiro atoms. The predicted octanol–water partition coefficient (Wildman–Crippen LogP) is 3.60. The van der Waals surface area contributed by atoms with Gasteiger partial charge in [-0.05, 0) is 29.8 Å². The first-order chi connectivity index (χ1) is 16.0. The Hall–Kier alpha value is -3.46. The molecule has 0 aliphatic carbocycles. The third-order valence-electron chi connectivity index (χ3n) is 5.61. The van der Waals surface area contributed by atoms with Crippen LogP contribution in [0.2, 0.25) is 0 Å². The SMILES string of the molecule is CC(Sc1nc(C(C)(C)C)nc2c1c(=O)n(C)c(=O)n2C)C(=O)Nc1ccc2ccccc2c1.